The third kappa shape index (κ3) is 1.78. The zero-order chi connectivity index (χ0) is 9.30. The molecule has 1 atom stereocenters. The number of nitrogens with two attached hydrogens (primary N) is 1. The molecule has 0 saturated heterocycles. The first kappa shape index (κ1) is 9.54. The lowest BCUT2D eigenvalue weighted by atomic mass is 10.1. The van der Waals surface area contributed by atoms with Crippen molar-refractivity contribution >= 4 is 27.5 Å². The van der Waals surface area contributed by atoms with Gasteiger partial charge in [0, 0.05) is 4.83 Å². The lowest BCUT2D eigenvalue weighted by Crippen LogP contribution is -2.17. The molecule has 1 aliphatic rings. The average Bonchev–Trinajstić information content (AvgIpc) is 1.96. The molecule has 0 aromatic rings. The molecule has 0 heterocycles. The lowest BCUT2D eigenvalue weighted by molar-refractivity contribution is -0.429. The Hall–Kier alpha value is -0.550. The van der Waals surface area contributed by atoms with Crippen LogP contribution in [0.15, 0.2) is 22.5 Å². The maximum absolute atomic E-state index is 10.4. The van der Waals surface area contributed by atoms with E-state index in [1.54, 1.807) is 6.08 Å². The standard InChI is InChI=1S/C6H6BrClN2O2/c7-3-1-4(8)6(9)5(2-3)10(11)12/h1,3H,2,9H2. The summed E-state index contributed by atoms with van der Waals surface area (Å²) in [5.74, 6) is 0. The SMILES string of the molecule is NC1=C([N+](=O)[O-])CC(Br)C=C1Cl. The van der Waals surface area contributed by atoms with Crippen LogP contribution in [0.3, 0.4) is 0 Å². The largest absolute Gasteiger partial charge is 0.392 e. The van der Waals surface area contributed by atoms with Crippen LogP contribution in [0.25, 0.3) is 0 Å². The van der Waals surface area contributed by atoms with Gasteiger partial charge in [-0.25, -0.2) is 0 Å². The third-order valence-corrected chi connectivity index (χ3v) is 2.42. The molecule has 1 rings (SSSR count). The van der Waals surface area contributed by atoms with E-state index in [1.165, 1.54) is 0 Å². The van der Waals surface area contributed by atoms with Crippen LogP contribution in [0.4, 0.5) is 0 Å². The molecule has 0 bridgehead atoms. The normalized spacial score (nSPS) is 23.8. The van der Waals surface area contributed by atoms with E-state index in [1.807, 2.05) is 0 Å². The van der Waals surface area contributed by atoms with E-state index in [4.69, 9.17) is 17.3 Å². The number of allylic oxidation sites excluding steroid dienone is 3. The van der Waals surface area contributed by atoms with Crippen LogP contribution in [0.2, 0.25) is 0 Å². The van der Waals surface area contributed by atoms with Crippen LogP contribution in [-0.4, -0.2) is 9.75 Å². The van der Waals surface area contributed by atoms with Gasteiger partial charge >= 0.3 is 0 Å². The fourth-order valence-corrected chi connectivity index (χ4v) is 1.90. The maximum Gasteiger partial charge on any atom is 0.271 e. The van der Waals surface area contributed by atoms with Crippen molar-refractivity contribution in [3.63, 3.8) is 0 Å². The van der Waals surface area contributed by atoms with Crippen LogP contribution in [0.5, 0.6) is 0 Å². The number of rotatable bonds is 1. The third-order valence-electron chi connectivity index (χ3n) is 1.50. The number of nitrogens with zero attached hydrogens (tertiary/aromatic N) is 1. The van der Waals surface area contributed by atoms with E-state index < -0.39 is 4.92 Å². The second-order valence-corrected chi connectivity index (χ2v) is 3.94. The summed E-state index contributed by atoms with van der Waals surface area (Å²) in [5, 5.41) is 10.7. The molecule has 0 saturated carbocycles. The van der Waals surface area contributed by atoms with Gasteiger partial charge in [-0.1, -0.05) is 27.5 Å². The fraction of sp³-hybridized carbons (Fsp3) is 0.333. The summed E-state index contributed by atoms with van der Waals surface area (Å²) >= 11 is 8.85. The molecule has 4 nitrogen and oxygen atoms in total. The summed E-state index contributed by atoms with van der Waals surface area (Å²) < 4.78 is 0. The summed E-state index contributed by atoms with van der Waals surface area (Å²) in [5.41, 5.74) is 5.45. The highest BCUT2D eigenvalue weighted by Gasteiger charge is 2.26. The Morgan fingerprint density at radius 3 is 2.92 bits per heavy atom. The van der Waals surface area contributed by atoms with Gasteiger partial charge < -0.3 is 5.73 Å². The monoisotopic (exact) mass is 252 g/mol. The number of nitro groups is 1. The van der Waals surface area contributed by atoms with Crippen LogP contribution in [0, 0.1) is 10.1 Å². The van der Waals surface area contributed by atoms with Crippen molar-refractivity contribution in [2.75, 3.05) is 0 Å². The number of hydrogen-bond donors (Lipinski definition) is 1. The van der Waals surface area contributed by atoms with Crippen molar-refractivity contribution in [1.82, 2.24) is 0 Å². The van der Waals surface area contributed by atoms with Crippen LogP contribution >= 0.6 is 27.5 Å². The zero-order valence-electron chi connectivity index (χ0n) is 5.96. The van der Waals surface area contributed by atoms with Gasteiger partial charge in [-0.15, -0.1) is 0 Å². The zero-order valence-corrected chi connectivity index (χ0v) is 8.30. The summed E-state index contributed by atoms with van der Waals surface area (Å²) in [6.07, 6.45) is 1.92. The molecule has 0 aliphatic heterocycles. The molecule has 0 aromatic carbocycles. The topological polar surface area (TPSA) is 69.2 Å². The van der Waals surface area contributed by atoms with Crippen molar-refractivity contribution < 1.29 is 4.92 Å². The summed E-state index contributed by atoms with van der Waals surface area (Å²) in [4.78, 5) is 9.82. The van der Waals surface area contributed by atoms with E-state index in [-0.39, 0.29) is 27.7 Å². The van der Waals surface area contributed by atoms with E-state index in [0.717, 1.165) is 0 Å². The Labute approximate surface area is 82.3 Å². The van der Waals surface area contributed by atoms with Gasteiger partial charge in [0.2, 0.25) is 0 Å². The van der Waals surface area contributed by atoms with Crippen molar-refractivity contribution in [3.8, 4) is 0 Å². The second kappa shape index (κ2) is 3.45. The van der Waals surface area contributed by atoms with Crippen molar-refractivity contribution in [2.45, 2.75) is 11.2 Å². The minimum atomic E-state index is -0.501. The molecular formula is C6H6BrClN2O2. The Kier molecular flexibility index (Phi) is 2.74. The molecule has 0 aromatic heterocycles. The molecule has 12 heavy (non-hydrogen) atoms. The Balaban J connectivity index is 3.05. The quantitative estimate of drug-likeness (QED) is 0.439. The van der Waals surface area contributed by atoms with E-state index in [9.17, 15) is 10.1 Å². The van der Waals surface area contributed by atoms with Gasteiger partial charge in [0.15, 0.2) is 0 Å². The molecule has 6 heteroatoms. The van der Waals surface area contributed by atoms with Crippen LogP contribution in [-0.2, 0) is 0 Å². The highest BCUT2D eigenvalue weighted by molar-refractivity contribution is 9.09. The molecule has 66 valence electrons. The summed E-state index contributed by atoms with van der Waals surface area (Å²) in [7, 11) is 0. The van der Waals surface area contributed by atoms with Gasteiger partial charge in [0.05, 0.1) is 16.4 Å². The van der Waals surface area contributed by atoms with Gasteiger partial charge in [-0.2, -0.15) is 0 Å². The molecule has 0 radical (unpaired) electrons. The predicted octanol–water partition coefficient (Wildman–Crippen LogP) is 1.72. The van der Waals surface area contributed by atoms with Crippen molar-refractivity contribution in [2.24, 2.45) is 5.73 Å². The molecule has 2 N–H and O–H groups in total. The van der Waals surface area contributed by atoms with Gasteiger partial charge in [-0.05, 0) is 6.08 Å². The summed E-state index contributed by atoms with van der Waals surface area (Å²) in [6, 6.07) is 0. The number of alkyl halides is 1. The first-order valence-corrected chi connectivity index (χ1v) is 4.46. The molecule has 0 amide bonds. The van der Waals surface area contributed by atoms with E-state index >= 15 is 0 Å². The average molecular weight is 253 g/mol. The molecular weight excluding hydrogens is 247 g/mol. The highest BCUT2D eigenvalue weighted by Crippen LogP contribution is 2.28. The summed E-state index contributed by atoms with van der Waals surface area (Å²) in [6.45, 7) is 0. The Morgan fingerprint density at radius 1 is 1.83 bits per heavy atom. The van der Waals surface area contributed by atoms with Crippen LogP contribution < -0.4 is 5.73 Å². The molecule has 0 spiro atoms. The van der Waals surface area contributed by atoms with E-state index in [0.29, 0.717) is 0 Å². The lowest BCUT2D eigenvalue weighted by Gasteiger charge is -2.11. The van der Waals surface area contributed by atoms with Crippen molar-refractivity contribution in [3.05, 3.63) is 32.6 Å². The highest BCUT2D eigenvalue weighted by atomic mass is 79.9. The van der Waals surface area contributed by atoms with Gasteiger partial charge in [0.25, 0.3) is 5.70 Å². The van der Waals surface area contributed by atoms with Crippen molar-refractivity contribution in [1.29, 1.82) is 0 Å². The van der Waals surface area contributed by atoms with Gasteiger partial charge in [-0.3, -0.25) is 10.1 Å². The predicted molar refractivity (Wildman–Crippen MR) is 49.5 cm³/mol. The fourth-order valence-electron chi connectivity index (χ4n) is 0.913. The minimum Gasteiger partial charge on any atom is -0.392 e. The Bertz CT molecular complexity index is 287. The number of halogens is 2. The minimum absolute atomic E-state index is 0.0237. The maximum atomic E-state index is 10.4. The smallest absolute Gasteiger partial charge is 0.271 e. The van der Waals surface area contributed by atoms with Gasteiger partial charge in [0.1, 0.15) is 5.70 Å². The van der Waals surface area contributed by atoms with Crippen LogP contribution in [0.1, 0.15) is 6.42 Å². The molecule has 1 unspecified atom stereocenters. The molecule has 1 aliphatic carbocycles. The first-order chi connectivity index (χ1) is 5.52. The van der Waals surface area contributed by atoms with E-state index in [2.05, 4.69) is 15.9 Å². The second-order valence-electron chi connectivity index (χ2n) is 2.35. The Morgan fingerprint density at radius 2 is 2.42 bits per heavy atom. The first-order valence-electron chi connectivity index (χ1n) is 3.17. The number of hydrogen-bond acceptors (Lipinski definition) is 3. The molecule has 0 fully saturated rings.